The maximum Gasteiger partial charge on any atom is 0.0312 e. The zero-order valence-corrected chi connectivity index (χ0v) is 7.88. The van der Waals surface area contributed by atoms with Gasteiger partial charge in [-0.15, -0.1) is 0 Å². The molecular formula is C10H16N2. The Morgan fingerprint density at radius 2 is 2.33 bits per heavy atom. The third kappa shape index (κ3) is 2.31. The molecule has 0 unspecified atom stereocenters. The van der Waals surface area contributed by atoms with Crippen LogP contribution in [0.25, 0.3) is 0 Å². The van der Waals surface area contributed by atoms with Crippen LogP contribution in [-0.4, -0.2) is 31.3 Å². The summed E-state index contributed by atoms with van der Waals surface area (Å²) in [4.78, 5) is 6.34. The highest BCUT2D eigenvalue weighted by Crippen LogP contribution is 2.14. The fraction of sp³-hybridized carbons (Fsp3) is 0.500. The molecule has 1 aliphatic heterocycles. The fourth-order valence-electron chi connectivity index (χ4n) is 1.32. The molecule has 0 aliphatic carbocycles. The van der Waals surface area contributed by atoms with E-state index in [0.717, 1.165) is 19.5 Å². The second-order valence-electron chi connectivity index (χ2n) is 3.25. The van der Waals surface area contributed by atoms with Crippen molar-refractivity contribution in [3.8, 4) is 0 Å². The van der Waals surface area contributed by atoms with E-state index in [-0.39, 0.29) is 0 Å². The lowest BCUT2D eigenvalue weighted by molar-refractivity contribution is 0.354. The lowest BCUT2D eigenvalue weighted by atomic mass is 10.0. The van der Waals surface area contributed by atoms with Gasteiger partial charge in [-0.1, -0.05) is 12.2 Å². The predicted octanol–water partition coefficient (Wildman–Crippen LogP) is 1.85. The molecule has 0 aromatic carbocycles. The molecule has 0 fully saturated rings. The van der Waals surface area contributed by atoms with Crippen LogP contribution in [-0.2, 0) is 0 Å². The average molecular weight is 164 g/mol. The number of rotatable bonds is 2. The van der Waals surface area contributed by atoms with Gasteiger partial charge in [-0.2, -0.15) is 0 Å². The Hall–Kier alpha value is -0.890. The molecule has 0 N–H and O–H groups in total. The topological polar surface area (TPSA) is 15.6 Å². The van der Waals surface area contributed by atoms with Crippen LogP contribution in [0.15, 0.2) is 28.9 Å². The van der Waals surface area contributed by atoms with Crippen molar-refractivity contribution in [3.05, 3.63) is 23.9 Å². The molecule has 0 spiro atoms. The molecule has 0 bridgehead atoms. The van der Waals surface area contributed by atoms with Gasteiger partial charge in [0, 0.05) is 25.5 Å². The van der Waals surface area contributed by atoms with Crippen LogP contribution in [0.1, 0.15) is 13.3 Å². The van der Waals surface area contributed by atoms with E-state index >= 15 is 0 Å². The van der Waals surface area contributed by atoms with E-state index in [0.29, 0.717) is 0 Å². The van der Waals surface area contributed by atoms with E-state index in [9.17, 15) is 0 Å². The first-order valence-corrected chi connectivity index (χ1v) is 4.25. The largest absolute Gasteiger partial charge is 0.302 e. The summed E-state index contributed by atoms with van der Waals surface area (Å²) in [5.74, 6) is 0. The SMILES string of the molecule is C=CN=CC1=C(C)CCN(C)C1. The van der Waals surface area contributed by atoms with Crippen LogP contribution in [0.4, 0.5) is 0 Å². The van der Waals surface area contributed by atoms with Crippen molar-refractivity contribution in [2.24, 2.45) is 4.99 Å². The molecule has 0 saturated carbocycles. The molecule has 2 heteroatoms. The smallest absolute Gasteiger partial charge is 0.0312 e. The molecule has 12 heavy (non-hydrogen) atoms. The highest BCUT2D eigenvalue weighted by molar-refractivity contribution is 5.80. The number of likely N-dealkylation sites (N-methyl/N-ethyl adjacent to an activating group) is 1. The van der Waals surface area contributed by atoms with Crippen molar-refractivity contribution in [3.63, 3.8) is 0 Å². The molecule has 66 valence electrons. The van der Waals surface area contributed by atoms with Crippen LogP contribution in [0.3, 0.4) is 0 Å². The van der Waals surface area contributed by atoms with E-state index in [1.165, 1.54) is 11.1 Å². The van der Waals surface area contributed by atoms with Crippen molar-refractivity contribution in [2.45, 2.75) is 13.3 Å². The minimum Gasteiger partial charge on any atom is -0.302 e. The first kappa shape index (κ1) is 9.20. The molecule has 0 aromatic heterocycles. The van der Waals surface area contributed by atoms with E-state index in [4.69, 9.17) is 0 Å². The highest BCUT2D eigenvalue weighted by atomic mass is 15.1. The van der Waals surface area contributed by atoms with Gasteiger partial charge in [0.05, 0.1) is 0 Å². The molecular weight excluding hydrogens is 148 g/mol. The lowest BCUT2D eigenvalue weighted by Crippen LogP contribution is -2.27. The Kier molecular flexibility index (Phi) is 3.23. The molecule has 2 nitrogen and oxygen atoms in total. The van der Waals surface area contributed by atoms with Gasteiger partial charge in [0.25, 0.3) is 0 Å². The first-order valence-electron chi connectivity index (χ1n) is 4.25. The number of aliphatic imine (C=N–C) groups is 1. The first-order chi connectivity index (χ1) is 5.74. The summed E-state index contributed by atoms with van der Waals surface area (Å²) in [6.45, 7) is 7.91. The van der Waals surface area contributed by atoms with Gasteiger partial charge in [0.1, 0.15) is 0 Å². The Morgan fingerprint density at radius 3 is 3.00 bits per heavy atom. The number of nitrogens with zero attached hydrogens (tertiary/aromatic N) is 2. The summed E-state index contributed by atoms with van der Waals surface area (Å²) in [6.07, 6.45) is 4.65. The maximum absolute atomic E-state index is 4.03. The summed E-state index contributed by atoms with van der Waals surface area (Å²) in [7, 11) is 2.13. The van der Waals surface area contributed by atoms with E-state index in [2.05, 4.69) is 30.4 Å². The van der Waals surface area contributed by atoms with E-state index < -0.39 is 0 Å². The van der Waals surface area contributed by atoms with Crippen molar-refractivity contribution in [2.75, 3.05) is 20.1 Å². The molecule has 0 aromatic rings. The van der Waals surface area contributed by atoms with Crippen molar-refractivity contribution < 1.29 is 0 Å². The van der Waals surface area contributed by atoms with Gasteiger partial charge in [0.2, 0.25) is 0 Å². The van der Waals surface area contributed by atoms with Crippen LogP contribution in [0.2, 0.25) is 0 Å². The monoisotopic (exact) mass is 164 g/mol. The summed E-state index contributed by atoms with van der Waals surface area (Å²) in [6, 6.07) is 0. The second-order valence-corrected chi connectivity index (χ2v) is 3.25. The summed E-state index contributed by atoms with van der Waals surface area (Å²) >= 11 is 0. The molecule has 0 radical (unpaired) electrons. The lowest BCUT2D eigenvalue weighted by Gasteiger charge is -2.24. The van der Waals surface area contributed by atoms with Gasteiger partial charge < -0.3 is 4.90 Å². The summed E-state index contributed by atoms with van der Waals surface area (Å²) < 4.78 is 0. The van der Waals surface area contributed by atoms with Crippen LogP contribution in [0, 0.1) is 0 Å². The summed E-state index contributed by atoms with van der Waals surface area (Å²) in [5, 5.41) is 0. The molecule has 1 heterocycles. The van der Waals surface area contributed by atoms with Crippen LogP contribution < -0.4 is 0 Å². The van der Waals surface area contributed by atoms with Gasteiger partial charge in [-0.25, -0.2) is 0 Å². The Balaban J connectivity index is 2.70. The molecule has 0 atom stereocenters. The van der Waals surface area contributed by atoms with Crippen LogP contribution in [0.5, 0.6) is 0 Å². The molecule has 1 aliphatic rings. The zero-order chi connectivity index (χ0) is 8.97. The Morgan fingerprint density at radius 1 is 1.58 bits per heavy atom. The minimum absolute atomic E-state index is 1.02. The highest BCUT2D eigenvalue weighted by Gasteiger charge is 2.10. The normalized spacial score (nSPS) is 20.5. The Labute approximate surface area is 74.3 Å². The van der Waals surface area contributed by atoms with Crippen molar-refractivity contribution in [1.29, 1.82) is 0 Å². The van der Waals surface area contributed by atoms with Gasteiger partial charge in [-0.05, 0) is 26.0 Å². The predicted molar refractivity (Wildman–Crippen MR) is 53.5 cm³/mol. The third-order valence-electron chi connectivity index (χ3n) is 2.19. The molecule has 0 saturated heterocycles. The summed E-state index contributed by atoms with van der Waals surface area (Å²) in [5.41, 5.74) is 2.79. The number of hydrogen-bond acceptors (Lipinski definition) is 2. The van der Waals surface area contributed by atoms with Crippen molar-refractivity contribution in [1.82, 2.24) is 4.90 Å². The zero-order valence-electron chi connectivity index (χ0n) is 7.88. The second kappa shape index (κ2) is 4.21. The van der Waals surface area contributed by atoms with E-state index in [1.54, 1.807) is 6.20 Å². The van der Waals surface area contributed by atoms with Gasteiger partial charge >= 0.3 is 0 Å². The van der Waals surface area contributed by atoms with Crippen molar-refractivity contribution >= 4 is 6.21 Å². The standard InChI is InChI=1S/C10H16N2/c1-4-11-7-10-8-12(3)6-5-9(10)2/h4,7H,1,5-6,8H2,2-3H3. The quantitative estimate of drug-likeness (QED) is 0.569. The fourth-order valence-corrected chi connectivity index (χ4v) is 1.32. The maximum atomic E-state index is 4.03. The van der Waals surface area contributed by atoms with Gasteiger partial charge in [-0.3, -0.25) is 4.99 Å². The van der Waals surface area contributed by atoms with E-state index in [1.807, 2.05) is 6.21 Å². The molecule has 1 rings (SSSR count). The minimum atomic E-state index is 1.02. The average Bonchev–Trinajstić information content (AvgIpc) is 2.07. The number of hydrogen-bond donors (Lipinski definition) is 0. The van der Waals surface area contributed by atoms with Gasteiger partial charge in [0.15, 0.2) is 0 Å². The van der Waals surface area contributed by atoms with Crippen LogP contribution >= 0.6 is 0 Å². The Bertz CT molecular complexity index is 226. The molecule has 0 amide bonds. The third-order valence-corrected chi connectivity index (χ3v) is 2.19.